The standard InChI is InChI=1S/C15H11NOS/c1-10-2-4-11(5-3-10)15(17)12-8-14-13(16-9-12)6-7-18-14/h2-9H,1H3. The minimum Gasteiger partial charge on any atom is -0.289 e. The monoisotopic (exact) mass is 253 g/mol. The van der Waals surface area contributed by atoms with Crippen molar-refractivity contribution in [2.45, 2.75) is 6.92 Å². The number of carbonyl (C=O) groups excluding carboxylic acids is 1. The molecule has 0 saturated carbocycles. The summed E-state index contributed by atoms with van der Waals surface area (Å²) in [5, 5.41) is 1.98. The third-order valence-corrected chi connectivity index (χ3v) is 3.73. The van der Waals surface area contributed by atoms with Crippen molar-refractivity contribution in [2.24, 2.45) is 0 Å². The molecule has 0 saturated heterocycles. The number of rotatable bonds is 2. The summed E-state index contributed by atoms with van der Waals surface area (Å²) < 4.78 is 1.05. The first kappa shape index (κ1) is 11.1. The lowest BCUT2D eigenvalue weighted by Gasteiger charge is -2.01. The molecule has 2 nitrogen and oxygen atoms in total. The fraction of sp³-hybridized carbons (Fsp3) is 0.0667. The normalized spacial score (nSPS) is 10.7. The molecule has 3 aromatic rings. The Balaban J connectivity index is 2.03. The molecular formula is C15H11NOS. The molecule has 18 heavy (non-hydrogen) atoms. The van der Waals surface area contributed by atoms with Crippen LogP contribution in [0.25, 0.3) is 10.2 Å². The number of hydrogen-bond donors (Lipinski definition) is 0. The maximum Gasteiger partial charge on any atom is 0.194 e. The number of aromatic nitrogens is 1. The Morgan fingerprint density at radius 2 is 1.89 bits per heavy atom. The van der Waals surface area contributed by atoms with Crippen molar-refractivity contribution in [3.63, 3.8) is 0 Å². The lowest BCUT2D eigenvalue weighted by atomic mass is 10.0. The van der Waals surface area contributed by atoms with Crippen molar-refractivity contribution < 1.29 is 4.79 Å². The fourth-order valence-electron chi connectivity index (χ4n) is 1.84. The first-order chi connectivity index (χ1) is 8.74. The van der Waals surface area contributed by atoms with Gasteiger partial charge in [0.05, 0.1) is 10.2 Å². The Kier molecular flexibility index (Phi) is 2.68. The van der Waals surface area contributed by atoms with Crippen LogP contribution in [0.4, 0.5) is 0 Å². The Morgan fingerprint density at radius 1 is 1.11 bits per heavy atom. The zero-order valence-electron chi connectivity index (χ0n) is 9.88. The summed E-state index contributed by atoms with van der Waals surface area (Å²) in [5.41, 5.74) is 3.45. The van der Waals surface area contributed by atoms with Gasteiger partial charge in [0.2, 0.25) is 0 Å². The number of benzene rings is 1. The third-order valence-electron chi connectivity index (χ3n) is 2.88. The lowest BCUT2D eigenvalue weighted by Crippen LogP contribution is -2.01. The Bertz CT molecular complexity index is 713. The molecule has 0 bridgehead atoms. The van der Waals surface area contributed by atoms with Crippen molar-refractivity contribution in [2.75, 3.05) is 0 Å². The van der Waals surface area contributed by atoms with Crippen LogP contribution in [0.5, 0.6) is 0 Å². The second-order valence-corrected chi connectivity index (χ2v) is 5.17. The number of carbonyl (C=O) groups is 1. The van der Waals surface area contributed by atoms with Gasteiger partial charge in [0.15, 0.2) is 5.78 Å². The molecule has 0 unspecified atom stereocenters. The number of ketones is 1. The quantitative estimate of drug-likeness (QED) is 0.649. The summed E-state index contributed by atoms with van der Waals surface area (Å²) in [6.45, 7) is 2.01. The number of thiophene rings is 1. The van der Waals surface area contributed by atoms with Crippen LogP contribution in [-0.2, 0) is 0 Å². The molecule has 0 spiro atoms. The van der Waals surface area contributed by atoms with E-state index in [2.05, 4.69) is 4.98 Å². The molecule has 2 aromatic heterocycles. The van der Waals surface area contributed by atoms with E-state index in [0.717, 1.165) is 15.8 Å². The van der Waals surface area contributed by atoms with Gasteiger partial charge in [0.25, 0.3) is 0 Å². The van der Waals surface area contributed by atoms with E-state index in [0.29, 0.717) is 11.1 Å². The molecule has 3 heteroatoms. The van der Waals surface area contributed by atoms with Crippen LogP contribution >= 0.6 is 11.3 Å². The zero-order valence-corrected chi connectivity index (χ0v) is 10.7. The van der Waals surface area contributed by atoms with E-state index >= 15 is 0 Å². The molecule has 0 aliphatic carbocycles. The predicted octanol–water partition coefficient (Wildman–Crippen LogP) is 3.84. The molecule has 0 N–H and O–H groups in total. The fourth-order valence-corrected chi connectivity index (χ4v) is 2.62. The van der Waals surface area contributed by atoms with Gasteiger partial charge >= 0.3 is 0 Å². The summed E-state index contributed by atoms with van der Waals surface area (Å²) in [6.07, 6.45) is 1.65. The molecule has 88 valence electrons. The van der Waals surface area contributed by atoms with Gasteiger partial charge in [-0.25, -0.2) is 0 Å². The van der Waals surface area contributed by atoms with Crippen molar-refractivity contribution >= 4 is 27.3 Å². The van der Waals surface area contributed by atoms with Crippen LogP contribution in [0.3, 0.4) is 0 Å². The number of aryl methyl sites for hydroxylation is 1. The number of pyridine rings is 1. The molecular weight excluding hydrogens is 242 g/mol. The van der Waals surface area contributed by atoms with Gasteiger partial charge in [-0.2, -0.15) is 0 Å². The Morgan fingerprint density at radius 3 is 2.67 bits per heavy atom. The smallest absolute Gasteiger partial charge is 0.194 e. The highest BCUT2D eigenvalue weighted by molar-refractivity contribution is 7.17. The molecule has 3 rings (SSSR count). The first-order valence-electron chi connectivity index (χ1n) is 5.69. The topological polar surface area (TPSA) is 30.0 Å². The van der Waals surface area contributed by atoms with Crippen molar-refractivity contribution in [1.82, 2.24) is 4.98 Å². The van der Waals surface area contributed by atoms with Crippen LogP contribution in [0.1, 0.15) is 21.5 Å². The minimum atomic E-state index is 0.0257. The van der Waals surface area contributed by atoms with E-state index < -0.39 is 0 Å². The van der Waals surface area contributed by atoms with Crippen LogP contribution in [0.2, 0.25) is 0 Å². The van der Waals surface area contributed by atoms with Crippen molar-refractivity contribution in [1.29, 1.82) is 0 Å². The maximum atomic E-state index is 12.3. The average molecular weight is 253 g/mol. The summed E-state index contributed by atoms with van der Waals surface area (Å²) in [5.74, 6) is 0.0257. The van der Waals surface area contributed by atoms with E-state index in [1.807, 2.05) is 48.7 Å². The Labute approximate surface area is 109 Å². The van der Waals surface area contributed by atoms with Gasteiger partial charge in [-0.05, 0) is 24.4 Å². The third kappa shape index (κ3) is 1.93. The second-order valence-electron chi connectivity index (χ2n) is 4.22. The lowest BCUT2D eigenvalue weighted by molar-refractivity contribution is 0.103. The zero-order chi connectivity index (χ0) is 12.5. The largest absolute Gasteiger partial charge is 0.289 e. The van der Waals surface area contributed by atoms with Crippen molar-refractivity contribution in [3.05, 3.63) is 64.7 Å². The SMILES string of the molecule is Cc1ccc(C(=O)c2cnc3ccsc3c2)cc1. The molecule has 0 aliphatic heterocycles. The Hall–Kier alpha value is -2.00. The van der Waals surface area contributed by atoms with Crippen LogP contribution < -0.4 is 0 Å². The van der Waals surface area contributed by atoms with Crippen molar-refractivity contribution in [3.8, 4) is 0 Å². The maximum absolute atomic E-state index is 12.3. The molecule has 0 radical (unpaired) electrons. The highest BCUT2D eigenvalue weighted by atomic mass is 32.1. The average Bonchev–Trinajstić information content (AvgIpc) is 2.86. The van der Waals surface area contributed by atoms with Gasteiger partial charge < -0.3 is 0 Å². The molecule has 0 aliphatic rings. The molecule has 0 fully saturated rings. The molecule has 2 heterocycles. The number of fused-ring (bicyclic) bond motifs is 1. The van der Waals surface area contributed by atoms with Crippen LogP contribution in [0.15, 0.2) is 48.0 Å². The summed E-state index contributed by atoms with van der Waals surface area (Å²) >= 11 is 1.60. The van der Waals surface area contributed by atoms with Gasteiger partial charge in [0, 0.05) is 17.3 Å². The molecule has 0 atom stereocenters. The van der Waals surface area contributed by atoms with Gasteiger partial charge in [0.1, 0.15) is 0 Å². The number of hydrogen-bond acceptors (Lipinski definition) is 3. The van der Waals surface area contributed by atoms with Crippen LogP contribution in [0, 0.1) is 6.92 Å². The van der Waals surface area contributed by atoms with E-state index in [4.69, 9.17) is 0 Å². The summed E-state index contributed by atoms with van der Waals surface area (Å²) in [6, 6.07) is 11.5. The molecule has 0 amide bonds. The van der Waals surface area contributed by atoms with E-state index in [9.17, 15) is 4.79 Å². The minimum absolute atomic E-state index is 0.0257. The molecule has 1 aromatic carbocycles. The van der Waals surface area contributed by atoms with Crippen LogP contribution in [-0.4, -0.2) is 10.8 Å². The summed E-state index contributed by atoms with van der Waals surface area (Å²) in [7, 11) is 0. The van der Waals surface area contributed by atoms with Gasteiger partial charge in [-0.1, -0.05) is 29.8 Å². The van der Waals surface area contributed by atoms with Gasteiger partial charge in [-0.3, -0.25) is 9.78 Å². The van der Waals surface area contributed by atoms with E-state index in [1.54, 1.807) is 17.5 Å². The van der Waals surface area contributed by atoms with Gasteiger partial charge in [-0.15, -0.1) is 11.3 Å². The highest BCUT2D eigenvalue weighted by Crippen LogP contribution is 2.21. The highest BCUT2D eigenvalue weighted by Gasteiger charge is 2.10. The predicted molar refractivity (Wildman–Crippen MR) is 74.2 cm³/mol. The summed E-state index contributed by atoms with van der Waals surface area (Å²) in [4.78, 5) is 16.6. The first-order valence-corrected chi connectivity index (χ1v) is 6.56. The van der Waals surface area contributed by atoms with E-state index in [-0.39, 0.29) is 5.78 Å². The second kappa shape index (κ2) is 4.35. The van der Waals surface area contributed by atoms with E-state index in [1.165, 1.54) is 0 Å². The number of nitrogens with zero attached hydrogens (tertiary/aromatic N) is 1.